The van der Waals surface area contributed by atoms with E-state index in [9.17, 15) is 0 Å². The highest BCUT2D eigenvalue weighted by molar-refractivity contribution is 5.73. The highest BCUT2D eigenvalue weighted by Gasteiger charge is 2.66. The number of aromatic nitrogens is 3. The lowest BCUT2D eigenvalue weighted by molar-refractivity contribution is -0.955. The molecule has 3 aromatic carbocycles. The van der Waals surface area contributed by atoms with Gasteiger partial charge >= 0.3 is 5.66 Å². The minimum atomic E-state index is -0.347. The van der Waals surface area contributed by atoms with Gasteiger partial charge in [-0.1, -0.05) is 42.5 Å². The fourth-order valence-electron chi connectivity index (χ4n) is 6.64. The molecule has 0 saturated carbocycles. The summed E-state index contributed by atoms with van der Waals surface area (Å²) in [6.45, 7) is 1.02. The van der Waals surface area contributed by atoms with E-state index in [0.717, 1.165) is 6.54 Å². The molecule has 0 aliphatic carbocycles. The minimum Gasteiger partial charge on any atom is -0.194 e. The van der Waals surface area contributed by atoms with Crippen molar-refractivity contribution in [2.75, 3.05) is 0 Å². The SMILES string of the molecule is c1ccc2c(c1)-c1cccc[n+]1C21c2ccccc2-c2cccc[n+]21.c1ccc2c(c1)C[n+]1ccccc1-2. The van der Waals surface area contributed by atoms with Gasteiger partial charge in [-0.25, -0.2) is 0 Å². The maximum atomic E-state index is 2.42. The van der Waals surface area contributed by atoms with Crippen molar-refractivity contribution in [3.05, 3.63) is 163 Å². The van der Waals surface area contributed by atoms with Gasteiger partial charge < -0.3 is 0 Å². The summed E-state index contributed by atoms with van der Waals surface area (Å²) in [4.78, 5) is 0. The molecule has 0 unspecified atom stereocenters. The van der Waals surface area contributed by atoms with Gasteiger partial charge in [0.05, 0.1) is 16.7 Å². The zero-order valence-electron chi connectivity index (χ0n) is 20.9. The van der Waals surface area contributed by atoms with Gasteiger partial charge in [-0.2, -0.15) is 4.57 Å². The second-order valence-electron chi connectivity index (χ2n) is 10.0. The molecule has 3 aliphatic heterocycles. The van der Waals surface area contributed by atoms with Crippen LogP contribution in [0, 0.1) is 0 Å². The number of pyridine rings is 3. The quantitative estimate of drug-likeness (QED) is 0.249. The second kappa shape index (κ2) is 8.06. The molecule has 0 saturated heterocycles. The largest absolute Gasteiger partial charge is 0.417 e. The van der Waals surface area contributed by atoms with Gasteiger partial charge in [-0.15, -0.1) is 9.13 Å². The van der Waals surface area contributed by atoms with Gasteiger partial charge in [0, 0.05) is 42.0 Å². The average molecular weight is 489 g/mol. The Balaban J connectivity index is 0.000000145. The molecule has 38 heavy (non-hydrogen) atoms. The van der Waals surface area contributed by atoms with Crippen molar-refractivity contribution in [3.8, 4) is 33.8 Å². The molecular formula is C35H26N3+3. The van der Waals surface area contributed by atoms with E-state index in [2.05, 4.69) is 160 Å². The van der Waals surface area contributed by atoms with Gasteiger partial charge in [-0.3, -0.25) is 0 Å². The minimum absolute atomic E-state index is 0.347. The van der Waals surface area contributed by atoms with Crippen molar-refractivity contribution in [2.24, 2.45) is 0 Å². The van der Waals surface area contributed by atoms with E-state index in [0.29, 0.717) is 0 Å². The lowest BCUT2D eigenvalue weighted by atomic mass is 9.90. The van der Waals surface area contributed by atoms with Crippen molar-refractivity contribution >= 4 is 0 Å². The Morgan fingerprint density at radius 2 is 0.895 bits per heavy atom. The van der Waals surface area contributed by atoms with Crippen LogP contribution < -0.4 is 13.7 Å². The average Bonchev–Trinajstić information content (AvgIpc) is 3.62. The fraction of sp³-hybridized carbons (Fsp3) is 0.0571. The first-order valence-corrected chi connectivity index (χ1v) is 13.2. The number of benzene rings is 3. The molecule has 0 fully saturated rings. The number of hydrogen-bond acceptors (Lipinski definition) is 0. The smallest absolute Gasteiger partial charge is 0.194 e. The number of rotatable bonds is 0. The van der Waals surface area contributed by atoms with E-state index in [4.69, 9.17) is 0 Å². The third-order valence-corrected chi connectivity index (χ3v) is 8.15. The lowest BCUT2D eigenvalue weighted by Gasteiger charge is -2.16. The second-order valence-corrected chi connectivity index (χ2v) is 10.0. The molecule has 6 heterocycles. The molecular weight excluding hydrogens is 462 g/mol. The van der Waals surface area contributed by atoms with Crippen LogP contribution >= 0.6 is 0 Å². The van der Waals surface area contributed by atoms with Crippen molar-refractivity contribution < 1.29 is 13.7 Å². The van der Waals surface area contributed by atoms with Crippen molar-refractivity contribution in [1.29, 1.82) is 0 Å². The Bertz CT molecular complexity index is 1640. The first-order chi connectivity index (χ1) is 18.9. The predicted molar refractivity (Wildman–Crippen MR) is 147 cm³/mol. The maximum absolute atomic E-state index is 2.42. The highest BCUT2D eigenvalue weighted by Crippen LogP contribution is 2.46. The molecule has 0 bridgehead atoms. The predicted octanol–water partition coefficient (Wildman–Crippen LogP) is 5.52. The molecule has 3 aromatic heterocycles. The van der Waals surface area contributed by atoms with Crippen LogP contribution in [0.5, 0.6) is 0 Å². The van der Waals surface area contributed by atoms with Crippen LogP contribution in [-0.4, -0.2) is 0 Å². The summed E-state index contributed by atoms with van der Waals surface area (Å²) in [5.41, 5.74) is 11.6. The summed E-state index contributed by atoms with van der Waals surface area (Å²) in [6.07, 6.45) is 6.55. The van der Waals surface area contributed by atoms with E-state index in [1.165, 1.54) is 50.5 Å². The molecule has 0 N–H and O–H groups in total. The molecule has 1 spiro atoms. The third-order valence-electron chi connectivity index (χ3n) is 8.15. The number of fused-ring (bicyclic) bond motifs is 13. The van der Waals surface area contributed by atoms with Crippen LogP contribution in [0.3, 0.4) is 0 Å². The Labute approximate surface area is 222 Å². The summed E-state index contributed by atoms with van der Waals surface area (Å²) < 4.78 is 7.13. The van der Waals surface area contributed by atoms with E-state index >= 15 is 0 Å². The van der Waals surface area contributed by atoms with Crippen LogP contribution in [0.15, 0.2) is 146 Å². The van der Waals surface area contributed by atoms with E-state index in [-0.39, 0.29) is 5.66 Å². The molecule has 178 valence electrons. The van der Waals surface area contributed by atoms with Gasteiger partial charge in [0.1, 0.15) is 11.1 Å². The van der Waals surface area contributed by atoms with Crippen LogP contribution in [0.25, 0.3) is 33.8 Å². The normalized spacial score (nSPS) is 13.9. The zero-order valence-corrected chi connectivity index (χ0v) is 20.9. The molecule has 0 amide bonds. The standard InChI is InChI=1S/C23H16N2.C12H10N/c1-3-11-19-17(9-1)21-13-5-7-15-24(21)23(19)20-12-4-2-10-18(20)22-14-6-8-16-25(22)23;1-2-6-11-10(5-1)9-13-8-4-3-7-12(11)13/h1-16H;1-8H,9H2/q+2;+1. The van der Waals surface area contributed by atoms with Crippen LogP contribution in [-0.2, 0) is 12.2 Å². The van der Waals surface area contributed by atoms with Crippen molar-refractivity contribution in [3.63, 3.8) is 0 Å². The van der Waals surface area contributed by atoms with Gasteiger partial charge in [0.2, 0.25) is 17.1 Å². The third kappa shape index (κ3) is 2.76. The zero-order chi connectivity index (χ0) is 25.1. The summed E-state index contributed by atoms with van der Waals surface area (Å²) in [5, 5.41) is 0. The number of hydrogen-bond donors (Lipinski definition) is 0. The lowest BCUT2D eigenvalue weighted by Crippen LogP contribution is -2.71. The highest BCUT2D eigenvalue weighted by atomic mass is 15.3. The molecule has 3 aliphatic rings. The van der Waals surface area contributed by atoms with Crippen molar-refractivity contribution in [2.45, 2.75) is 12.2 Å². The molecule has 0 radical (unpaired) electrons. The Morgan fingerprint density at radius 3 is 1.53 bits per heavy atom. The number of nitrogens with zero attached hydrogens (tertiary/aromatic N) is 3. The van der Waals surface area contributed by atoms with Gasteiger partial charge in [0.15, 0.2) is 25.1 Å². The molecule has 3 nitrogen and oxygen atoms in total. The van der Waals surface area contributed by atoms with E-state index in [1.54, 1.807) is 0 Å². The monoisotopic (exact) mass is 488 g/mol. The first kappa shape index (κ1) is 21.2. The Kier molecular flexibility index (Phi) is 4.50. The summed E-state index contributed by atoms with van der Waals surface area (Å²) >= 11 is 0. The first-order valence-electron chi connectivity index (χ1n) is 13.2. The summed E-state index contributed by atoms with van der Waals surface area (Å²) in [5.74, 6) is 0. The van der Waals surface area contributed by atoms with E-state index in [1.807, 2.05) is 0 Å². The van der Waals surface area contributed by atoms with Crippen LogP contribution in [0.1, 0.15) is 16.7 Å². The molecule has 6 aromatic rings. The van der Waals surface area contributed by atoms with Gasteiger partial charge in [-0.05, 0) is 48.5 Å². The van der Waals surface area contributed by atoms with Crippen LogP contribution in [0.2, 0.25) is 0 Å². The Morgan fingerprint density at radius 1 is 0.421 bits per heavy atom. The van der Waals surface area contributed by atoms with Crippen molar-refractivity contribution in [1.82, 2.24) is 0 Å². The topological polar surface area (TPSA) is 11.6 Å². The van der Waals surface area contributed by atoms with Crippen LogP contribution in [0.4, 0.5) is 0 Å². The fourth-order valence-corrected chi connectivity index (χ4v) is 6.64. The molecule has 3 heteroatoms. The summed E-state index contributed by atoms with van der Waals surface area (Å²) in [6, 6.07) is 45.4. The van der Waals surface area contributed by atoms with E-state index < -0.39 is 0 Å². The van der Waals surface area contributed by atoms with Gasteiger partial charge in [0.25, 0.3) is 0 Å². The molecule has 9 rings (SSSR count). The Hall–Kier alpha value is -4.89. The summed E-state index contributed by atoms with van der Waals surface area (Å²) in [7, 11) is 0. The maximum Gasteiger partial charge on any atom is 0.417 e. The molecule has 0 atom stereocenters.